The van der Waals surface area contributed by atoms with Gasteiger partial charge in [0.05, 0.1) is 6.42 Å². The molecule has 0 fully saturated rings. The summed E-state index contributed by atoms with van der Waals surface area (Å²) in [4.78, 5) is 28.9. The first-order valence-corrected chi connectivity index (χ1v) is 9.22. The zero-order valence-electron chi connectivity index (χ0n) is 15.8. The minimum Gasteiger partial charge on any atom is -0.460 e. The monoisotopic (exact) mass is 381 g/mol. The third-order valence-corrected chi connectivity index (χ3v) is 4.22. The van der Waals surface area contributed by atoms with E-state index in [1.54, 1.807) is 52.0 Å². The number of ether oxygens (including phenoxy) is 1. The Morgan fingerprint density at radius 2 is 1.77 bits per heavy atom. The van der Waals surface area contributed by atoms with Crippen LogP contribution >= 0.6 is 11.8 Å². The zero-order valence-corrected chi connectivity index (χ0v) is 16.7. The average Bonchev–Trinajstić information content (AvgIpc) is 2.52. The van der Waals surface area contributed by atoms with Gasteiger partial charge in [-0.25, -0.2) is 4.79 Å². The second-order valence-electron chi connectivity index (χ2n) is 6.97. The number of thioether (sulfide) groups is 1. The van der Waals surface area contributed by atoms with Gasteiger partial charge in [0, 0.05) is 5.69 Å². The molecule has 0 bridgehead atoms. The predicted molar refractivity (Wildman–Crippen MR) is 104 cm³/mol. The average molecular weight is 381 g/mol. The number of nitrogens with one attached hydrogen (secondary N) is 2. The number of nitrogens with two attached hydrogens (primary N) is 1. The third-order valence-electron chi connectivity index (χ3n) is 3.54. The fourth-order valence-electron chi connectivity index (χ4n) is 2.32. The number of hydrogen-bond donors (Lipinski definition) is 3. The van der Waals surface area contributed by atoms with Crippen LogP contribution in [-0.4, -0.2) is 28.5 Å². The molecule has 1 aromatic carbocycles. The summed E-state index contributed by atoms with van der Waals surface area (Å²) >= 11 is 1.38. The van der Waals surface area contributed by atoms with E-state index in [0.717, 1.165) is 5.75 Å². The van der Waals surface area contributed by atoms with Crippen molar-refractivity contribution < 1.29 is 19.2 Å². The number of hydrogen-bond acceptors (Lipinski definition) is 7. The summed E-state index contributed by atoms with van der Waals surface area (Å²) in [5, 5.41) is 11.1. The molecular weight excluding hydrogens is 354 g/mol. The van der Waals surface area contributed by atoms with Crippen LogP contribution in [0, 0.1) is 5.41 Å². The van der Waals surface area contributed by atoms with Crippen molar-refractivity contribution in [2.24, 2.45) is 5.90 Å². The van der Waals surface area contributed by atoms with Crippen LogP contribution in [0.25, 0.3) is 0 Å². The van der Waals surface area contributed by atoms with Crippen molar-refractivity contribution in [2.75, 3.05) is 11.1 Å². The molecular formula is C18H27N3O4S. The van der Waals surface area contributed by atoms with E-state index < -0.39 is 23.0 Å². The molecule has 0 aromatic heterocycles. The first-order valence-electron chi connectivity index (χ1n) is 8.23. The van der Waals surface area contributed by atoms with E-state index in [4.69, 9.17) is 16.0 Å². The topological polar surface area (TPSA) is 114 Å². The van der Waals surface area contributed by atoms with Crippen molar-refractivity contribution in [1.29, 1.82) is 5.41 Å². The molecule has 0 saturated carbocycles. The van der Waals surface area contributed by atoms with Crippen LogP contribution in [-0.2, 0) is 24.6 Å². The lowest BCUT2D eigenvalue weighted by Gasteiger charge is -2.28. The maximum Gasteiger partial charge on any atom is 0.335 e. The van der Waals surface area contributed by atoms with Crippen molar-refractivity contribution in [3.63, 3.8) is 0 Å². The van der Waals surface area contributed by atoms with Crippen molar-refractivity contribution in [3.05, 3.63) is 29.8 Å². The Morgan fingerprint density at radius 1 is 1.19 bits per heavy atom. The molecule has 1 rings (SSSR count). The molecule has 7 nitrogen and oxygen atoms in total. The highest BCUT2D eigenvalue weighted by Gasteiger charge is 2.40. The van der Waals surface area contributed by atoms with Gasteiger partial charge in [-0.3, -0.25) is 10.2 Å². The van der Waals surface area contributed by atoms with Crippen LogP contribution in [0.2, 0.25) is 0 Å². The summed E-state index contributed by atoms with van der Waals surface area (Å²) in [6.07, 6.45) is -0.200. The molecule has 0 aliphatic heterocycles. The summed E-state index contributed by atoms with van der Waals surface area (Å²) in [5.41, 5.74) is -0.656. The van der Waals surface area contributed by atoms with Crippen molar-refractivity contribution >= 4 is 34.6 Å². The lowest BCUT2D eigenvalue weighted by Crippen LogP contribution is -2.39. The van der Waals surface area contributed by atoms with Gasteiger partial charge in [0.1, 0.15) is 11.0 Å². The van der Waals surface area contributed by atoms with Gasteiger partial charge in [-0.1, -0.05) is 30.8 Å². The molecule has 144 valence electrons. The fraction of sp³-hybridized carbons (Fsp3) is 0.500. The highest BCUT2D eigenvalue weighted by Crippen LogP contribution is 2.31. The van der Waals surface area contributed by atoms with Gasteiger partial charge in [-0.05, 0) is 51.1 Å². The van der Waals surface area contributed by atoms with Crippen molar-refractivity contribution in [2.45, 2.75) is 52.1 Å². The van der Waals surface area contributed by atoms with Crippen LogP contribution in [0.1, 0.15) is 46.6 Å². The Hall–Kier alpha value is -2.06. The van der Waals surface area contributed by atoms with Crippen molar-refractivity contribution in [3.8, 4) is 0 Å². The maximum absolute atomic E-state index is 12.3. The van der Waals surface area contributed by atoms with Crippen LogP contribution in [0.15, 0.2) is 24.3 Å². The van der Waals surface area contributed by atoms with Crippen LogP contribution in [0.4, 0.5) is 5.69 Å². The molecule has 0 amide bonds. The number of esters is 1. The van der Waals surface area contributed by atoms with Crippen LogP contribution < -0.4 is 11.2 Å². The number of benzene rings is 1. The van der Waals surface area contributed by atoms with Crippen molar-refractivity contribution in [1.82, 2.24) is 0 Å². The molecule has 1 aromatic rings. The number of carbonyl (C=O) groups excluding carboxylic acids is 2. The van der Waals surface area contributed by atoms with E-state index in [1.807, 2.05) is 6.92 Å². The largest absolute Gasteiger partial charge is 0.460 e. The van der Waals surface area contributed by atoms with Gasteiger partial charge in [0.15, 0.2) is 5.17 Å². The molecule has 0 saturated heterocycles. The first-order chi connectivity index (χ1) is 12.0. The Bertz CT molecular complexity index is 655. The Kier molecular flexibility index (Phi) is 7.65. The third kappa shape index (κ3) is 6.34. The Balaban J connectivity index is 3.03. The molecule has 8 heteroatoms. The molecule has 4 N–H and O–H groups in total. The fourth-order valence-corrected chi connectivity index (χ4v) is 2.80. The Labute approximate surface area is 158 Å². The smallest absolute Gasteiger partial charge is 0.335 e. The van der Waals surface area contributed by atoms with Crippen LogP contribution in [0.3, 0.4) is 0 Å². The quantitative estimate of drug-likeness (QED) is 0.300. The molecule has 26 heavy (non-hydrogen) atoms. The minimum absolute atomic E-state index is 0.200. The van der Waals surface area contributed by atoms with E-state index in [1.165, 1.54) is 11.8 Å². The minimum atomic E-state index is -1.28. The molecule has 0 radical (unpaired) electrons. The van der Waals surface area contributed by atoms with Gasteiger partial charge in [-0.15, -0.1) is 0 Å². The number of carbonyl (C=O) groups is 2. The van der Waals surface area contributed by atoms with Gasteiger partial charge >= 0.3 is 11.9 Å². The van der Waals surface area contributed by atoms with E-state index in [-0.39, 0.29) is 6.42 Å². The summed E-state index contributed by atoms with van der Waals surface area (Å²) in [5.74, 6) is 4.63. The zero-order chi connectivity index (χ0) is 20.0. The lowest BCUT2D eigenvalue weighted by molar-refractivity contribution is -0.163. The second kappa shape index (κ2) is 9.05. The number of amidine groups is 1. The summed E-state index contributed by atoms with van der Waals surface area (Å²) in [7, 11) is 0. The highest BCUT2D eigenvalue weighted by molar-refractivity contribution is 8.14. The van der Waals surface area contributed by atoms with Crippen LogP contribution in [0.5, 0.6) is 0 Å². The molecule has 1 unspecified atom stereocenters. The summed E-state index contributed by atoms with van der Waals surface area (Å²) < 4.78 is 5.32. The SMILES string of the molecule is CCSC(=N)Nc1ccc(C(C)(CC(=O)OC(C)(C)C)C(=O)ON)cc1. The molecule has 0 aliphatic carbocycles. The van der Waals surface area contributed by atoms with E-state index in [9.17, 15) is 9.59 Å². The maximum atomic E-state index is 12.3. The van der Waals surface area contributed by atoms with Gasteiger partial charge in [0.25, 0.3) is 0 Å². The summed E-state index contributed by atoms with van der Waals surface area (Å²) in [6.45, 7) is 8.82. The molecule has 0 aliphatic rings. The highest BCUT2D eigenvalue weighted by atomic mass is 32.2. The van der Waals surface area contributed by atoms with Gasteiger partial charge in [0.2, 0.25) is 0 Å². The number of rotatable bonds is 6. The van der Waals surface area contributed by atoms with E-state index in [2.05, 4.69) is 10.2 Å². The normalized spacial score (nSPS) is 13.5. The van der Waals surface area contributed by atoms with E-state index >= 15 is 0 Å². The van der Waals surface area contributed by atoms with Gasteiger partial charge < -0.3 is 14.9 Å². The summed E-state index contributed by atoms with van der Waals surface area (Å²) in [6, 6.07) is 6.87. The molecule has 1 atom stereocenters. The van der Waals surface area contributed by atoms with Gasteiger partial charge in [-0.2, -0.15) is 5.90 Å². The standard InChI is InChI=1S/C18H27N3O4S/c1-6-26-16(19)21-13-9-7-12(8-10-13)18(5,15(23)25-20)11-14(22)24-17(2,3)4/h7-10H,6,11,20H2,1-5H3,(H2,19,21). The second-order valence-corrected chi connectivity index (χ2v) is 8.24. The molecule has 0 heterocycles. The Morgan fingerprint density at radius 3 is 2.23 bits per heavy atom. The lowest BCUT2D eigenvalue weighted by atomic mass is 9.79. The van der Waals surface area contributed by atoms with E-state index in [0.29, 0.717) is 16.4 Å². The number of anilines is 1. The molecule has 0 spiro atoms. The predicted octanol–water partition coefficient (Wildman–Crippen LogP) is 3.19. The first kappa shape index (κ1) is 22.0.